The van der Waals surface area contributed by atoms with Gasteiger partial charge in [0.15, 0.2) is 0 Å². The minimum atomic E-state index is -4.74. The number of aliphatic hydroxyl groups is 1. The van der Waals surface area contributed by atoms with Crippen LogP contribution in [0, 0.1) is 5.92 Å². The molecule has 5 nitrogen and oxygen atoms in total. The summed E-state index contributed by atoms with van der Waals surface area (Å²) < 4.78 is 41.9. The van der Waals surface area contributed by atoms with Gasteiger partial charge in [0.1, 0.15) is 5.75 Å². The van der Waals surface area contributed by atoms with Gasteiger partial charge in [-0.3, -0.25) is 4.79 Å². The molecular weight excluding hydrogens is 433 g/mol. The molecule has 2 heterocycles. The second-order valence-electron chi connectivity index (χ2n) is 8.71. The van der Waals surface area contributed by atoms with Crippen LogP contribution in [0.2, 0.25) is 0 Å². The highest BCUT2D eigenvalue weighted by atomic mass is 19.4. The molecule has 1 N–H and O–H groups in total. The fourth-order valence-corrected chi connectivity index (χ4v) is 4.77. The van der Waals surface area contributed by atoms with Crippen molar-refractivity contribution in [2.45, 2.75) is 38.5 Å². The van der Waals surface area contributed by atoms with Crippen molar-refractivity contribution in [1.82, 2.24) is 4.90 Å². The number of carbonyl (C=O) groups excluding carboxylic acids is 1. The third-order valence-corrected chi connectivity index (χ3v) is 6.44. The molecule has 178 valence electrons. The first-order valence-corrected chi connectivity index (χ1v) is 11.5. The van der Waals surface area contributed by atoms with Gasteiger partial charge in [0.2, 0.25) is 5.91 Å². The zero-order valence-corrected chi connectivity index (χ0v) is 18.5. The molecule has 0 unspecified atom stereocenters. The summed E-state index contributed by atoms with van der Waals surface area (Å²) >= 11 is 0. The van der Waals surface area contributed by atoms with Crippen LogP contribution in [0.25, 0.3) is 11.1 Å². The molecule has 0 spiro atoms. The van der Waals surface area contributed by atoms with E-state index >= 15 is 0 Å². The number of halogens is 3. The van der Waals surface area contributed by atoms with E-state index in [2.05, 4.69) is 9.64 Å². The largest absolute Gasteiger partial charge is 0.573 e. The number of piperidine rings is 1. The Morgan fingerprint density at radius 2 is 1.82 bits per heavy atom. The molecule has 1 saturated heterocycles. The normalized spacial score (nSPS) is 17.6. The fourth-order valence-electron chi connectivity index (χ4n) is 4.77. The van der Waals surface area contributed by atoms with E-state index in [4.69, 9.17) is 5.11 Å². The second kappa shape index (κ2) is 10.1. The van der Waals surface area contributed by atoms with Gasteiger partial charge >= 0.3 is 6.36 Å². The third kappa shape index (κ3) is 5.86. The van der Waals surface area contributed by atoms with Gasteiger partial charge in [-0.2, -0.15) is 0 Å². The Hall–Kier alpha value is -2.58. The summed E-state index contributed by atoms with van der Waals surface area (Å²) in [7, 11) is 0. The lowest BCUT2D eigenvalue weighted by Crippen LogP contribution is -2.44. The van der Waals surface area contributed by atoms with Crippen LogP contribution in [-0.4, -0.2) is 55.1 Å². The Bertz CT molecular complexity index is 972. The number of amides is 1. The first kappa shape index (κ1) is 23.6. The molecule has 2 aromatic carbocycles. The molecule has 1 amide bonds. The van der Waals surface area contributed by atoms with Crippen LogP contribution in [0.3, 0.4) is 0 Å². The third-order valence-electron chi connectivity index (χ3n) is 6.44. The summed E-state index contributed by atoms with van der Waals surface area (Å²) in [6.45, 7) is 3.38. The summed E-state index contributed by atoms with van der Waals surface area (Å²) in [5.74, 6) is -0.170. The lowest BCUT2D eigenvalue weighted by Gasteiger charge is -2.36. The van der Waals surface area contributed by atoms with Crippen LogP contribution in [0.4, 0.5) is 18.9 Å². The molecule has 2 aliphatic rings. The minimum absolute atomic E-state index is 0.0338. The van der Waals surface area contributed by atoms with E-state index in [1.54, 1.807) is 6.07 Å². The Kier molecular flexibility index (Phi) is 7.24. The lowest BCUT2D eigenvalue weighted by atomic mass is 9.92. The van der Waals surface area contributed by atoms with Gasteiger partial charge < -0.3 is 19.6 Å². The Labute approximate surface area is 191 Å². The highest BCUT2D eigenvalue weighted by Crippen LogP contribution is 2.35. The molecule has 1 fully saturated rings. The average molecular weight is 463 g/mol. The van der Waals surface area contributed by atoms with Crippen LogP contribution >= 0.6 is 0 Å². The van der Waals surface area contributed by atoms with E-state index in [0.29, 0.717) is 12.1 Å². The van der Waals surface area contributed by atoms with E-state index in [0.717, 1.165) is 68.6 Å². The lowest BCUT2D eigenvalue weighted by molar-refractivity contribution is -0.274. The van der Waals surface area contributed by atoms with Gasteiger partial charge in [-0.25, -0.2) is 0 Å². The number of likely N-dealkylation sites (tertiary alicyclic amines) is 1. The van der Waals surface area contributed by atoms with Crippen molar-refractivity contribution < 1.29 is 27.8 Å². The van der Waals surface area contributed by atoms with E-state index in [9.17, 15) is 18.0 Å². The summed E-state index contributed by atoms with van der Waals surface area (Å²) in [5, 5.41) is 9.03. The Morgan fingerprint density at radius 1 is 1.06 bits per heavy atom. The number of benzene rings is 2. The van der Waals surface area contributed by atoms with Gasteiger partial charge in [0.25, 0.3) is 0 Å². The number of rotatable bonds is 6. The van der Waals surface area contributed by atoms with Gasteiger partial charge in [-0.05, 0) is 80.1 Å². The molecule has 8 heteroatoms. The number of fused-ring (bicyclic) bond motifs is 1. The SMILES string of the molecule is O=C(C1CCN(CCCO)CC1)N1CCCc2ccc(-c3cccc(OC(F)(F)F)c3)cc21. The number of anilines is 1. The predicted octanol–water partition coefficient (Wildman–Crippen LogP) is 4.63. The molecule has 33 heavy (non-hydrogen) atoms. The van der Waals surface area contributed by atoms with Crippen molar-refractivity contribution in [3.8, 4) is 16.9 Å². The second-order valence-corrected chi connectivity index (χ2v) is 8.71. The van der Waals surface area contributed by atoms with Crippen LogP contribution in [0.5, 0.6) is 5.75 Å². The maximum atomic E-state index is 13.4. The topological polar surface area (TPSA) is 53.0 Å². The smallest absolute Gasteiger partial charge is 0.406 e. The van der Waals surface area contributed by atoms with Gasteiger partial charge in [-0.1, -0.05) is 24.3 Å². The fraction of sp³-hybridized carbons (Fsp3) is 0.480. The number of alkyl halides is 3. The van der Waals surface area contributed by atoms with Crippen molar-refractivity contribution >= 4 is 11.6 Å². The number of carbonyl (C=O) groups is 1. The van der Waals surface area contributed by atoms with Crippen LogP contribution in [-0.2, 0) is 11.2 Å². The maximum absolute atomic E-state index is 13.4. The van der Waals surface area contributed by atoms with Crippen molar-refractivity contribution in [2.75, 3.05) is 37.7 Å². The number of hydrogen-bond donors (Lipinski definition) is 1. The molecule has 2 aliphatic heterocycles. The molecular formula is C25H29F3N2O3. The molecule has 0 aromatic heterocycles. The standard InChI is InChI=1S/C25H29F3N2O3/c26-25(27,28)33-22-6-1-4-20(16-22)21-8-7-18-5-2-12-30(23(18)17-21)24(32)19-9-13-29(14-10-19)11-3-15-31/h1,4,6-8,16-17,19,31H,2-3,5,9-15H2. The quantitative estimate of drug-likeness (QED) is 0.681. The van der Waals surface area contributed by atoms with Gasteiger partial charge in [0, 0.05) is 31.3 Å². The highest BCUT2D eigenvalue weighted by Gasteiger charge is 2.32. The number of hydrogen-bond acceptors (Lipinski definition) is 4. The minimum Gasteiger partial charge on any atom is -0.406 e. The molecule has 0 saturated carbocycles. The van der Waals surface area contributed by atoms with Crippen molar-refractivity contribution in [3.05, 3.63) is 48.0 Å². The van der Waals surface area contributed by atoms with Crippen molar-refractivity contribution in [2.24, 2.45) is 5.92 Å². The van der Waals surface area contributed by atoms with Gasteiger partial charge in [0.05, 0.1) is 0 Å². The molecule has 0 radical (unpaired) electrons. The van der Waals surface area contributed by atoms with Crippen LogP contribution < -0.4 is 9.64 Å². The zero-order valence-electron chi connectivity index (χ0n) is 18.5. The van der Waals surface area contributed by atoms with Crippen molar-refractivity contribution in [1.29, 1.82) is 0 Å². The molecule has 0 bridgehead atoms. The van der Waals surface area contributed by atoms with Crippen LogP contribution in [0.1, 0.15) is 31.2 Å². The van der Waals surface area contributed by atoms with E-state index in [1.165, 1.54) is 18.2 Å². The highest BCUT2D eigenvalue weighted by molar-refractivity contribution is 5.97. The van der Waals surface area contributed by atoms with Gasteiger partial charge in [-0.15, -0.1) is 13.2 Å². The average Bonchev–Trinajstić information content (AvgIpc) is 2.81. The summed E-state index contributed by atoms with van der Waals surface area (Å²) in [6, 6.07) is 11.7. The predicted molar refractivity (Wildman–Crippen MR) is 120 cm³/mol. The molecule has 0 atom stereocenters. The maximum Gasteiger partial charge on any atom is 0.573 e. The number of ether oxygens (including phenoxy) is 1. The monoisotopic (exact) mass is 462 g/mol. The molecule has 4 rings (SSSR count). The van der Waals surface area contributed by atoms with E-state index in [1.807, 2.05) is 23.1 Å². The Balaban J connectivity index is 1.52. The first-order chi connectivity index (χ1) is 15.8. The van der Waals surface area contributed by atoms with E-state index < -0.39 is 6.36 Å². The summed E-state index contributed by atoms with van der Waals surface area (Å²) in [4.78, 5) is 17.6. The molecule has 0 aliphatic carbocycles. The number of aryl methyl sites for hydroxylation is 1. The van der Waals surface area contributed by atoms with Crippen molar-refractivity contribution in [3.63, 3.8) is 0 Å². The number of nitrogens with zero attached hydrogens (tertiary/aromatic N) is 2. The summed E-state index contributed by atoms with van der Waals surface area (Å²) in [6.07, 6.45) is -0.640. The first-order valence-electron chi connectivity index (χ1n) is 11.5. The zero-order chi connectivity index (χ0) is 23.4. The molecule has 2 aromatic rings. The summed E-state index contributed by atoms with van der Waals surface area (Å²) in [5.41, 5.74) is 3.30. The van der Waals surface area contributed by atoms with E-state index in [-0.39, 0.29) is 24.2 Å². The Morgan fingerprint density at radius 3 is 2.55 bits per heavy atom. The van der Waals surface area contributed by atoms with Crippen LogP contribution in [0.15, 0.2) is 42.5 Å². The number of aliphatic hydroxyl groups excluding tert-OH is 1.